The molecule has 0 spiro atoms. The van der Waals surface area contributed by atoms with Gasteiger partial charge in [0.2, 0.25) is 19.0 Å². The SMILES string of the molecule is CCCCc1c2c(nc3cc4c(c(NC(=O)OCc5ccc(OC6CC(O)CC(C(=O)O)O6)c(NC(=O)CCN)c5)c13)OCO4)-c1cc(C)c(COC(=O)O)c(=O)n1C2. The first kappa shape index (κ1) is 40.7. The van der Waals surface area contributed by atoms with E-state index in [4.69, 9.17) is 44.2 Å². The number of nitrogens with two attached hydrogens (primary N) is 1. The molecule has 0 bridgehead atoms. The van der Waals surface area contributed by atoms with E-state index >= 15 is 0 Å². The Kier molecular flexibility index (Phi) is 11.9. The van der Waals surface area contributed by atoms with E-state index in [9.17, 15) is 34.2 Å². The first-order chi connectivity index (χ1) is 28.3. The summed E-state index contributed by atoms with van der Waals surface area (Å²) in [6.07, 6.45) is -3.68. The summed E-state index contributed by atoms with van der Waals surface area (Å²) < 4.78 is 35.0. The second kappa shape index (κ2) is 17.2. The third-order valence-corrected chi connectivity index (χ3v) is 10.2. The summed E-state index contributed by atoms with van der Waals surface area (Å²) in [6, 6.07) is 8.11. The Balaban J connectivity index is 1.18. The van der Waals surface area contributed by atoms with Crippen LogP contribution in [0.4, 0.5) is 21.0 Å². The minimum Gasteiger partial charge on any atom is -0.479 e. The van der Waals surface area contributed by atoms with Gasteiger partial charge in [-0.3, -0.25) is 14.9 Å². The van der Waals surface area contributed by atoms with E-state index in [2.05, 4.69) is 10.6 Å². The van der Waals surface area contributed by atoms with E-state index in [0.717, 1.165) is 24.0 Å². The van der Waals surface area contributed by atoms with E-state index in [0.29, 0.717) is 45.6 Å². The van der Waals surface area contributed by atoms with E-state index in [1.807, 2.05) is 6.92 Å². The summed E-state index contributed by atoms with van der Waals surface area (Å²) >= 11 is 0. The number of fused-ring (bicyclic) bond motifs is 5. The number of anilines is 2. The third kappa shape index (κ3) is 8.57. The highest BCUT2D eigenvalue weighted by molar-refractivity contribution is 6.06. The molecular formula is C40H43N5O14. The van der Waals surface area contributed by atoms with Crippen LogP contribution in [0.5, 0.6) is 17.2 Å². The zero-order valence-corrected chi connectivity index (χ0v) is 32.2. The van der Waals surface area contributed by atoms with Gasteiger partial charge in [0.1, 0.15) is 24.7 Å². The van der Waals surface area contributed by atoms with Gasteiger partial charge in [0.15, 0.2) is 17.6 Å². The summed E-state index contributed by atoms with van der Waals surface area (Å²) in [4.78, 5) is 67.6. The highest BCUT2D eigenvalue weighted by atomic mass is 16.7. The molecule has 19 heteroatoms. The normalized spacial score (nSPS) is 17.5. The molecule has 7 rings (SSSR count). The average molecular weight is 818 g/mol. The number of unbranched alkanes of at least 4 members (excludes halogenated alkanes) is 1. The number of aliphatic hydroxyl groups is 1. The van der Waals surface area contributed by atoms with Crippen LogP contribution in [0.3, 0.4) is 0 Å². The summed E-state index contributed by atoms with van der Waals surface area (Å²) in [5.74, 6) is -0.936. The number of carbonyl (C=O) groups is 4. The van der Waals surface area contributed by atoms with Crippen molar-refractivity contribution in [1.82, 2.24) is 9.55 Å². The lowest BCUT2D eigenvalue weighted by atomic mass is 9.94. The number of nitrogens with one attached hydrogen (secondary N) is 2. The minimum atomic E-state index is -1.49. The van der Waals surface area contributed by atoms with Crippen molar-refractivity contribution < 1.29 is 62.9 Å². The number of carboxylic acids is 1. The highest BCUT2D eigenvalue weighted by Crippen LogP contribution is 2.48. The smallest absolute Gasteiger partial charge is 0.479 e. The van der Waals surface area contributed by atoms with E-state index in [-0.39, 0.29) is 74.2 Å². The van der Waals surface area contributed by atoms with Crippen molar-refractivity contribution in [2.45, 2.75) is 90.6 Å². The summed E-state index contributed by atoms with van der Waals surface area (Å²) in [5, 5.41) is 34.8. The number of benzene rings is 2. The lowest BCUT2D eigenvalue weighted by molar-refractivity contribution is -0.195. The number of hydrogen-bond acceptors (Lipinski definition) is 14. The van der Waals surface area contributed by atoms with Gasteiger partial charge in [-0.25, -0.2) is 19.4 Å². The lowest BCUT2D eigenvalue weighted by Crippen LogP contribution is -2.42. The molecule has 3 unspecified atom stereocenters. The number of nitrogens with zero attached hydrogens (tertiary/aromatic N) is 2. The fraction of sp³-hybridized carbons (Fsp3) is 0.400. The van der Waals surface area contributed by atoms with Crippen LogP contribution in [-0.2, 0) is 50.0 Å². The maximum Gasteiger partial charge on any atom is 0.506 e. The van der Waals surface area contributed by atoms with Crippen LogP contribution in [0.1, 0.15) is 66.8 Å². The highest BCUT2D eigenvalue weighted by Gasteiger charge is 2.35. The van der Waals surface area contributed by atoms with Crippen molar-refractivity contribution in [3.8, 4) is 28.6 Å². The molecule has 0 radical (unpaired) electrons. The number of aryl methyl sites for hydroxylation is 2. The summed E-state index contributed by atoms with van der Waals surface area (Å²) in [5.41, 5.74) is 10.1. The number of hydrogen-bond donors (Lipinski definition) is 6. The largest absolute Gasteiger partial charge is 0.506 e. The molecule has 1 fully saturated rings. The monoisotopic (exact) mass is 817 g/mol. The molecule has 59 heavy (non-hydrogen) atoms. The Morgan fingerprint density at radius 2 is 1.85 bits per heavy atom. The molecule has 5 heterocycles. The Bertz CT molecular complexity index is 2400. The van der Waals surface area contributed by atoms with Gasteiger partial charge in [0.05, 0.1) is 40.8 Å². The van der Waals surface area contributed by atoms with Gasteiger partial charge in [0.25, 0.3) is 5.56 Å². The third-order valence-electron chi connectivity index (χ3n) is 10.2. The molecule has 3 atom stereocenters. The molecule has 0 aliphatic carbocycles. The van der Waals surface area contributed by atoms with Crippen molar-refractivity contribution >= 4 is 46.4 Å². The number of carboxylic acid groups (broad SMARTS) is 2. The maximum absolute atomic E-state index is 13.7. The quantitative estimate of drug-likeness (QED) is 0.0850. The number of amides is 2. The fourth-order valence-electron chi connectivity index (χ4n) is 7.40. The second-order valence-electron chi connectivity index (χ2n) is 14.3. The van der Waals surface area contributed by atoms with Crippen LogP contribution in [-0.4, -0.2) is 80.8 Å². The predicted octanol–water partition coefficient (Wildman–Crippen LogP) is 4.36. The molecule has 2 aromatic heterocycles. The van der Waals surface area contributed by atoms with Crippen molar-refractivity contribution in [2.75, 3.05) is 24.0 Å². The number of aliphatic hydroxyl groups excluding tert-OH is 1. The molecule has 4 aromatic rings. The Morgan fingerprint density at radius 3 is 2.59 bits per heavy atom. The van der Waals surface area contributed by atoms with Crippen LogP contribution in [0.15, 0.2) is 35.1 Å². The molecule has 19 nitrogen and oxygen atoms in total. The zero-order valence-electron chi connectivity index (χ0n) is 32.2. The fourth-order valence-corrected chi connectivity index (χ4v) is 7.40. The van der Waals surface area contributed by atoms with Crippen LogP contribution in [0.25, 0.3) is 22.3 Å². The molecule has 3 aliphatic rings. The Hall–Kier alpha value is -6.44. The van der Waals surface area contributed by atoms with E-state index < -0.39 is 54.8 Å². The number of carbonyl (C=O) groups excluding carboxylic acids is 2. The van der Waals surface area contributed by atoms with Gasteiger partial charge in [-0.1, -0.05) is 19.4 Å². The molecule has 2 amide bonds. The standard InChI is InChI=1S/C40H43N5O14/c1-3-4-5-22-23-15-45-27(10-19(2)24(37(45)48)17-55-40(52)53)34(23)43-26-14-29-36(57-18-56-29)35(33(22)26)44-39(51)54-16-20-6-7-28(25(11-20)42-31(47)8-9-41)58-32-13-21(46)12-30(59-32)38(49)50/h6-7,10-11,14,21,30,32,46H,3-5,8-9,12-13,15-18,41H2,1-2H3,(H,42,47)(H,44,51)(H,49,50)(H,52,53). The van der Waals surface area contributed by atoms with Crippen molar-refractivity contribution in [1.29, 1.82) is 0 Å². The van der Waals surface area contributed by atoms with Gasteiger partial charge in [0, 0.05) is 42.8 Å². The Morgan fingerprint density at radius 1 is 1.03 bits per heavy atom. The topological polar surface area (TPSA) is 269 Å². The van der Waals surface area contributed by atoms with Crippen molar-refractivity contribution in [3.63, 3.8) is 0 Å². The molecular weight excluding hydrogens is 774 g/mol. The summed E-state index contributed by atoms with van der Waals surface area (Å²) in [6.45, 7) is 3.21. The number of ether oxygens (including phenoxy) is 6. The molecule has 312 valence electrons. The number of rotatable bonds is 14. The summed E-state index contributed by atoms with van der Waals surface area (Å²) in [7, 11) is 0. The van der Waals surface area contributed by atoms with Crippen LogP contribution >= 0.6 is 0 Å². The number of aromatic nitrogens is 2. The molecule has 2 aromatic carbocycles. The molecule has 7 N–H and O–H groups in total. The molecule has 3 aliphatic heterocycles. The van der Waals surface area contributed by atoms with Gasteiger partial charge < -0.3 is 59.4 Å². The first-order valence-corrected chi connectivity index (χ1v) is 19.0. The van der Waals surface area contributed by atoms with Gasteiger partial charge in [-0.05, 0) is 54.7 Å². The van der Waals surface area contributed by atoms with Gasteiger partial charge >= 0.3 is 18.2 Å². The van der Waals surface area contributed by atoms with E-state index in [1.54, 1.807) is 29.7 Å². The average Bonchev–Trinajstić information content (AvgIpc) is 3.81. The number of aliphatic carboxylic acids is 1. The first-order valence-electron chi connectivity index (χ1n) is 19.0. The van der Waals surface area contributed by atoms with E-state index in [1.165, 1.54) is 12.1 Å². The minimum absolute atomic E-state index is 0.00693. The predicted molar refractivity (Wildman–Crippen MR) is 208 cm³/mol. The van der Waals surface area contributed by atoms with Crippen LogP contribution in [0, 0.1) is 6.92 Å². The van der Waals surface area contributed by atoms with Gasteiger partial charge in [-0.2, -0.15) is 0 Å². The molecule has 1 saturated heterocycles. The Labute approximate surface area is 335 Å². The van der Waals surface area contributed by atoms with Crippen molar-refractivity contribution in [3.05, 3.63) is 68.5 Å². The maximum atomic E-state index is 13.7. The zero-order chi connectivity index (χ0) is 42.0. The molecule has 0 saturated carbocycles. The van der Waals surface area contributed by atoms with Crippen LogP contribution in [0.2, 0.25) is 0 Å². The van der Waals surface area contributed by atoms with Crippen molar-refractivity contribution in [2.24, 2.45) is 5.73 Å². The second-order valence-corrected chi connectivity index (χ2v) is 14.3. The number of pyridine rings is 2. The lowest BCUT2D eigenvalue weighted by Gasteiger charge is -2.31. The van der Waals surface area contributed by atoms with Crippen LogP contribution < -0.4 is 36.1 Å². The van der Waals surface area contributed by atoms with Gasteiger partial charge in [-0.15, -0.1) is 0 Å².